The van der Waals surface area contributed by atoms with Gasteiger partial charge in [-0.2, -0.15) is 8.42 Å². The number of rotatable bonds is 13. The zero-order chi connectivity index (χ0) is 20.2. The average molecular weight is 403 g/mol. The predicted molar refractivity (Wildman–Crippen MR) is 117 cm³/mol. The molecule has 0 atom stereocenters. The largest absolute Gasteiger partial charge is 0.295 e. The Bertz CT molecular complexity index is 798. The van der Waals surface area contributed by atoms with Crippen molar-refractivity contribution in [1.29, 1.82) is 0 Å². The van der Waals surface area contributed by atoms with Crippen LogP contribution in [0.15, 0.2) is 53.4 Å². The van der Waals surface area contributed by atoms with Crippen molar-refractivity contribution in [2.24, 2.45) is 0 Å². The standard InChI is InChI=1S/C24H34O3S/c1-2-3-4-5-6-7-8-9-10-12-15-21-18-19-24(28(25,26)27)23(20-21)22-16-13-11-14-17-22/h11,13-14,16-20H,2-10,12,15H2,1H3,(H,25,26,27). The third kappa shape index (κ3) is 7.76. The second-order valence-electron chi connectivity index (χ2n) is 7.60. The monoisotopic (exact) mass is 402 g/mol. The lowest BCUT2D eigenvalue weighted by molar-refractivity contribution is 0.483. The molecular formula is C24H34O3S. The van der Waals surface area contributed by atoms with Gasteiger partial charge in [0, 0.05) is 5.56 Å². The smallest absolute Gasteiger partial charge is 0.282 e. The topological polar surface area (TPSA) is 54.4 Å². The van der Waals surface area contributed by atoms with E-state index in [0.29, 0.717) is 5.56 Å². The molecule has 0 unspecified atom stereocenters. The molecule has 2 aromatic carbocycles. The van der Waals surface area contributed by atoms with Crippen molar-refractivity contribution < 1.29 is 13.0 Å². The third-order valence-electron chi connectivity index (χ3n) is 5.23. The van der Waals surface area contributed by atoms with E-state index >= 15 is 0 Å². The van der Waals surface area contributed by atoms with Gasteiger partial charge in [-0.3, -0.25) is 4.55 Å². The Kier molecular flexibility index (Phi) is 9.72. The second kappa shape index (κ2) is 12.0. The molecule has 0 aliphatic heterocycles. The fraction of sp³-hybridized carbons (Fsp3) is 0.500. The molecule has 1 N–H and O–H groups in total. The Labute approximate surface area is 170 Å². The Hall–Kier alpha value is -1.65. The van der Waals surface area contributed by atoms with Crippen LogP contribution in [0, 0.1) is 0 Å². The molecule has 0 saturated carbocycles. The van der Waals surface area contributed by atoms with E-state index in [1.54, 1.807) is 0 Å². The van der Waals surface area contributed by atoms with E-state index in [-0.39, 0.29) is 4.90 Å². The van der Waals surface area contributed by atoms with Crippen LogP contribution >= 0.6 is 0 Å². The van der Waals surface area contributed by atoms with Gasteiger partial charge in [0.05, 0.1) is 0 Å². The van der Waals surface area contributed by atoms with Gasteiger partial charge in [-0.15, -0.1) is 0 Å². The van der Waals surface area contributed by atoms with Gasteiger partial charge in [0.1, 0.15) is 4.90 Å². The van der Waals surface area contributed by atoms with Crippen LogP contribution in [0.2, 0.25) is 0 Å². The molecule has 0 amide bonds. The molecule has 0 heterocycles. The minimum Gasteiger partial charge on any atom is -0.282 e. The van der Waals surface area contributed by atoms with Crippen molar-refractivity contribution in [3.05, 3.63) is 54.1 Å². The summed E-state index contributed by atoms with van der Waals surface area (Å²) in [6, 6.07) is 14.6. The van der Waals surface area contributed by atoms with Crippen molar-refractivity contribution in [2.45, 2.75) is 82.4 Å². The molecule has 154 valence electrons. The summed E-state index contributed by atoms with van der Waals surface area (Å²) in [4.78, 5) is -0.0227. The lowest BCUT2D eigenvalue weighted by Gasteiger charge is -2.10. The van der Waals surface area contributed by atoms with Crippen molar-refractivity contribution in [3.8, 4) is 11.1 Å². The quantitative estimate of drug-likeness (QED) is 0.288. The summed E-state index contributed by atoms with van der Waals surface area (Å²) in [5, 5.41) is 0. The average Bonchev–Trinajstić information content (AvgIpc) is 2.69. The summed E-state index contributed by atoms with van der Waals surface area (Å²) >= 11 is 0. The maximum Gasteiger partial charge on any atom is 0.295 e. The fourth-order valence-corrected chi connectivity index (χ4v) is 4.31. The first kappa shape index (κ1) is 22.6. The lowest BCUT2D eigenvalue weighted by atomic mass is 9.99. The van der Waals surface area contributed by atoms with E-state index in [1.807, 2.05) is 42.5 Å². The summed E-state index contributed by atoms with van der Waals surface area (Å²) in [5.74, 6) is 0. The number of unbranched alkanes of at least 4 members (excludes halogenated alkanes) is 9. The molecule has 2 aromatic rings. The Morgan fingerprint density at radius 1 is 0.750 bits per heavy atom. The van der Waals surface area contributed by atoms with Crippen LogP contribution in [0.5, 0.6) is 0 Å². The molecule has 3 nitrogen and oxygen atoms in total. The molecule has 0 saturated heterocycles. The van der Waals surface area contributed by atoms with Crippen LogP contribution in [0.1, 0.15) is 76.7 Å². The van der Waals surface area contributed by atoms with Crippen molar-refractivity contribution in [1.82, 2.24) is 0 Å². The van der Waals surface area contributed by atoms with Gasteiger partial charge in [0.15, 0.2) is 0 Å². The van der Waals surface area contributed by atoms with Crippen LogP contribution in [0.3, 0.4) is 0 Å². The SMILES string of the molecule is CCCCCCCCCCCCc1ccc(S(=O)(=O)O)c(-c2ccccc2)c1. The highest BCUT2D eigenvalue weighted by atomic mass is 32.2. The molecule has 0 radical (unpaired) electrons. The van der Waals surface area contributed by atoms with E-state index in [9.17, 15) is 13.0 Å². The minimum absolute atomic E-state index is 0.0227. The van der Waals surface area contributed by atoms with E-state index in [4.69, 9.17) is 0 Å². The van der Waals surface area contributed by atoms with Gasteiger partial charge in [-0.1, -0.05) is 101 Å². The van der Waals surface area contributed by atoms with Gasteiger partial charge < -0.3 is 0 Å². The first-order valence-corrected chi connectivity index (χ1v) is 12.1. The molecular weight excluding hydrogens is 368 g/mol. The molecule has 0 spiro atoms. The fourth-order valence-electron chi connectivity index (χ4n) is 3.62. The molecule has 0 fully saturated rings. The molecule has 2 rings (SSSR count). The van der Waals surface area contributed by atoms with Crippen LogP contribution in [-0.4, -0.2) is 13.0 Å². The van der Waals surface area contributed by atoms with Gasteiger partial charge in [-0.25, -0.2) is 0 Å². The Morgan fingerprint density at radius 2 is 1.32 bits per heavy atom. The molecule has 28 heavy (non-hydrogen) atoms. The summed E-state index contributed by atoms with van der Waals surface area (Å²) in [6.07, 6.45) is 13.9. The van der Waals surface area contributed by atoms with Crippen LogP contribution < -0.4 is 0 Å². The van der Waals surface area contributed by atoms with Gasteiger partial charge in [0.25, 0.3) is 10.1 Å². The van der Waals surface area contributed by atoms with E-state index in [1.165, 1.54) is 63.9 Å². The van der Waals surface area contributed by atoms with Gasteiger partial charge in [0.2, 0.25) is 0 Å². The maximum absolute atomic E-state index is 11.7. The van der Waals surface area contributed by atoms with E-state index < -0.39 is 10.1 Å². The maximum atomic E-state index is 11.7. The molecule has 0 bridgehead atoms. The molecule has 0 aromatic heterocycles. The van der Waals surface area contributed by atoms with E-state index in [2.05, 4.69) is 6.92 Å². The second-order valence-corrected chi connectivity index (χ2v) is 8.99. The zero-order valence-corrected chi connectivity index (χ0v) is 17.9. The minimum atomic E-state index is -4.24. The van der Waals surface area contributed by atoms with Crippen LogP contribution in [0.4, 0.5) is 0 Å². The van der Waals surface area contributed by atoms with Crippen molar-refractivity contribution in [2.75, 3.05) is 0 Å². The molecule has 4 heteroatoms. The molecule has 0 aliphatic carbocycles. The third-order valence-corrected chi connectivity index (χ3v) is 6.14. The number of aryl methyl sites for hydroxylation is 1. The number of hydrogen-bond acceptors (Lipinski definition) is 2. The van der Waals surface area contributed by atoms with E-state index in [0.717, 1.165) is 24.0 Å². The van der Waals surface area contributed by atoms with Crippen molar-refractivity contribution in [3.63, 3.8) is 0 Å². The number of benzene rings is 2. The normalized spacial score (nSPS) is 11.6. The number of hydrogen-bond donors (Lipinski definition) is 1. The zero-order valence-electron chi connectivity index (χ0n) is 17.1. The van der Waals surface area contributed by atoms with Gasteiger partial charge >= 0.3 is 0 Å². The predicted octanol–water partition coefficient (Wildman–Crippen LogP) is 7.06. The highest BCUT2D eigenvalue weighted by Crippen LogP contribution is 2.29. The van der Waals surface area contributed by atoms with Crippen LogP contribution in [-0.2, 0) is 16.5 Å². The summed E-state index contributed by atoms with van der Waals surface area (Å²) in [6.45, 7) is 2.25. The summed E-state index contributed by atoms with van der Waals surface area (Å²) in [5.41, 5.74) is 2.50. The summed E-state index contributed by atoms with van der Waals surface area (Å²) in [7, 11) is -4.24. The lowest BCUT2D eigenvalue weighted by Crippen LogP contribution is -2.02. The summed E-state index contributed by atoms with van der Waals surface area (Å²) < 4.78 is 33.0. The Balaban J connectivity index is 1.85. The highest BCUT2D eigenvalue weighted by molar-refractivity contribution is 7.86. The van der Waals surface area contributed by atoms with Crippen molar-refractivity contribution >= 4 is 10.1 Å². The van der Waals surface area contributed by atoms with Crippen LogP contribution in [0.25, 0.3) is 11.1 Å². The highest BCUT2D eigenvalue weighted by Gasteiger charge is 2.17. The first-order valence-electron chi connectivity index (χ1n) is 10.7. The first-order chi connectivity index (χ1) is 13.5. The molecule has 0 aliphatic rings. The van der Waals surface area contributed by atoms with Gasteiger partial charge in [-0.05, 0) is 36.1 Å². The Morgan fingerprint density at radius 3 is 1.89 bits per heavy atom.